The van der Waals surface area contributed by atoms with Gasteiger partial charge in [0.25, 0.3) is 5.91 Å². The van der Waals surface area contributed by atoms with Gasteiger partial charge in [0.1, 0.15) is 5.52 Å². The predicted octanol–water partition coefficient (Wildman–Crippen LogP) is 0.410. The van der Waals surface area contributed by atoms with E-state index in [1.54, 1.807) is 23.2 Å². The molecule has 9 nitrogen and oxygen atoms in total. The Hall–Kier alpha value is -2.52. The summed E-state index contributed by atoms with van der Waals surface area (Å²) in [5.41, 5.74) is 1.84. The Balaban J connectivity index is 1.32. The minimum Gasteiger partial charge on any atom is -0.378 e. The second-order valence-corrected chi connectivity index (χ2v) is 7.84. The molecule has 2 atom stereocenters. The Morgan fingerprint density at radius 1 is 1.17 bits per heavy atom. The number of hydrogen-bond donors (Lipinski definition) is 1. The maximum atomic E-state index is 12.7. The number of likely N-dealkylation sites (N-methyl/N-ethyl adjacent to an activating group) is 1. The fraction of sp³-hybridized carbons (Fsp3) is 0.600. The monoisotopic (exact) mass is 400 g/mol. The normalized spacial score (nSPS) is 22.9. The highest BCUT2D eigenvalue weighted by molar-refractivity contribution is 6.04. The van der Waals surface area contributed by atoms with Gasteiger partial charge in [0.2, 0.25) is 5.91 Å². The number of amides is 2. The Kier molecular flexibility index (Phi) is 5.77. The smallest absolute Gasteiger partial charge is 0.253 e. The Morgan fingerprint density at radius 2 is 1.93 bits per heavy atom. The van der Waals surface area contributed by atoms with Gasteiger partial charge in [-0.25, -0.2) is 9.97 Å². The molecule has 2 fully saturated rings. The number of fused-ring (bicyclic) bond motifs is 1. The largest absolute Gasteiger partial charge is 0.378 e. The fourth-order valence-electron chi connectivity index (χ4n) is 4.24. The first kappa shape index (κ1) is 19.8. The van der Waals surface area contributed by atoms with E-state index in [1.807, 2.05) is 19.0 Å². The summed E-state index contributed by atoms with van der Waals surface area (Å²) in [5.74, 6) is 0.0570. The second kappa shape index (κ2) is 8.46. The summed E-state index contributed by atoms with van der Waals surface area (Å²) in [7, 11) is 3.90. The number of nitrogens with zero attached hydrogens (tertiary/aromatic N) is 5. The number of carbonyl (C=O) groups is 2. The number of nitrogens with one attached hydrogen (secondary N) is 1. The van der Waals surface area contributed by atoms with Crippen molar-refractivity contribution >= 4 is 23.0 Å². The number of aromatic nitrogens is 3. The first-order chi connectivity index (χ1) is 14.0. The van der Waals surface area contributed by atoms with Crippen LogP contribution in [-0.2, 0) is 16.6 Å². The molecule has 2 saturated heterocycles. The molecule has 0 aromatic carbocycles. The quantitative estimate of drug-likeness (QED) is 0.782. The number of rotatable bonds is 5. The molecule has 1 N–H and O–H groups in total. The predicted molar refractivity (Wildman–Crippen MR) is 107 cm³/mol. The van der Waals surface area contributed by atoms with E-state index in [4.69, 9.17) is 4.74 Å². The van der Waals surface area contributed by atoms with Crippen LogP contribution in [0, 0.1) is 0 Å². The zero-order chi connectivity index (χ0) is 20.4. The molecule has 4 heterocycles. The fourth-order valence-corrected chi connectivity index (χ4v) is 4.24. The molecule has 0 bridgehead atoms. The van der Waals surface area contributed by atoms with Crippen molar-refractivity contribution in [3.63, 3.8) is 0 Å². The summed E-state index contributed by atoms with van der Waals surface area (Å²) in [6, 6.07) is 2.14. The Morgan fingerprint density at radius 3 is 2.72 bits per heavy atom. The van der Waals surface area contributed by atoms with E-state index in [0.717, 1.165) is 12.8 Å². The van der Waals surface area contributed by atoms with Crippen LogP contribution in [0.25, 0.3) is 11.2 Å². The minimum atomic E-state index is -0.141. The second-order valence-electron chi connectivity index (χ2n) is 7.84. The number of hydrogen-bond acceptors (Lipinski definition) is 6. The Bertz CT molecular complexity index is 891. The van der Waals surface area contributed by atoms with Crippen molar-refractivity contribution in [2.24, 2.45) is 7.05 Å². The number of carbonyl (C=O) groups excluding carboxylic acids is 2. The highest BCUT2D eigenvalue weighted by Crippen LogP contribution is 2.25. The van der Waals surface area contributed by atoms with Gasteiger partial charge in [-0.15, -0.1) is 0 Å². The van der Waals surface area contributed by atoms with Crippen LogP contribution in [0.2, 0.25) is 0 Å². The number of pyridine rings is 1. The van der Waals surface area contributed by atoms with E-state index in [9.17, 15) is 9.59 Å². The van der Waals surface area contributed by atoms with E-state index < -0.39 is 0 Å². The zero-order valence-corrected chi connectivity index (χ0v) is 17.0. The van der Waals surface area contributed by atoms with Crippen molar-refractivity contribution in [1.82, 2.24) is 29.7 Å². The molecule has 29 heavy (non-hydrogen) atoms. The van der Waals surface area contributed by atoms with Crippen molar-refractivity contribution in [2.75, 3.05) is 39.9 Å². The van der Waals surface area contributed by atoms with Gasteiger partial charge in [0.15, 0.2) is 5.65 Å². The first-order valence-electron chi connectivity index (χ1n) is 10.2. The molecule has 2 aliphatic heterocycles. The van der Waals surface area contributed by atoms with Gasteiger partial charge in [0, 0.05) is 51.4 Å². The lowest BCUT2D eigenvalue weighted by Gasteiger charge is -2.30. The third-order valence-electron chi connectivity index (χ3n) is 6.10. The van der Waals surface area contributed by atoms with E-state index in [1.165, 1.54) is 0 Å². The van der Waals surface area contributed by atoms with Crippen molar-refractivity contribution in [2.45, 2.75) is 31.3 Å². The van der Waals surface area contributed by atoms with Crippen LogP contribution in [0.3, 0.4) is 0 Å². The number of ether oxygens (including phenoxy) is 1. The summed E-state index contributed by atoms with van der Waals surface area (Å²) in [6.07, 6.45) is 5.75. The number of aryl methyl sites for hydroxylation is 1. The number of likely N-dealkylation sites (tertiary alicyclic amines) is 1. The van der Waals surface area contributed by atoms with E-state index in [2.05, 4.69) is 20.2 Å². The summed E-state index contributed by atoms with van der Waals surface area (Å²) in [4.78, 5) is 38.0. The molecular weight excluding hydrogens is 372 g/mol. The van der Waals surface area contributed by atoms with Crippen molar-refractivity contribution in [3.8, 4) is 0 Å². The standard InChI is InChI=1S/C20H28N6O3/c1-24-13-23-18-16(5-6-21-19(18)24)20(28)22-12-15-4-3-14(25(15)2)11-17(27)26-7-9-29-10-8-26/h5-6,13-15H,3-4,7-12H2,1-2H3,(H,22,28)/t14-,15+/m1/s1. The topological polar surface area (TPSA) is 92.6 Å². The molecular formula is C20H28N6O3. The minimum absolute atomic E-state index is 0.141. The molecule has 0 unspecified atom stereocenters. The molecule has 2 amide bonds. The number of imidazole rings is 1. The van der Waals surface area contributed by atoms with Crippen LogP contribution >= 0.6 is 0 Å². The third-order valence-corrected chi connectivity index (χ3v) is 6.10. The maximum Gasteiger partial charge on any atom is 0.253 e. The maximum absolute atomic E-state index is 12.7. The third kappa shape index (κ3) is 4.11. The molecule has 0 saturated carbocycles. The molecule has 9 heteroatoms. The molecule has 0 aliphatic carbocycles. The zero-order valence-electron chi connectivity index (χ0n) is 17.0. The van der Waals surface area contributed by atoms with Gasteiger partial charge in [0.05, 0.1) is 25.1 Å². The van der Waals surface area contributed by atoms with Crippen LogP contribution in [0.4, 0.5) is 0 Å². The molecule has 2 aliphatic rings. The highest BCUT2D eigenvalue weighted by atomic mass is 16.5. The lowest BCUT2D eigenvalue weighted by atomic mass is 10.1. The summed E-state index contributed by atoms with van der Waals surface area (Å²) in [5, 5.41) is 3.04. The lowest BCUT2D eigenvalue weighted by molar-refractivity contribution is -0.136. The molecule has 2 aromatic heterocycles. The van der Waals surface area contributed by atoms with Crippen molar-refractivity contribution < 1.29 is 14.3 Å². The van der Waals surface area contributed by atoms with Gasteiger partial charge in [-0.1, -0.05) is 0 Å². The van der Waals surface area contributed by atoms with E-state index in [0.29, 0.717) is 56.0 Å². The van der Waals surface area contributed by atoms with Gasteiger partial charge in [-0.2, -0.15) is 0 Å². The molecule has 0 radical (unpaired) electrons. The molecule has 4 rings (SSSR count). The van der Waals surface area contributed by atoms with Crippen LogP contribution in [0.1, 0.15) is 29.6 Å². The highest BCUT2D eigenvalue weighted by Gasteiger charge is 2.33. The SMILES string of the molecule is CN1[C@@H](CC(=O)N2CCOCC2)CC[C@H]1CNC(=O)c1ccnc2c1ncn2C. The van der Waals surface area contributed by atoms with E-state index >= 15 is 0 Å². The van der Waals surface area contributed by atoms with Gasteiger partial charge in [-0.3, -0.25) is 14.5 Å². The Labute approximate surface area is 170 Å². The van der Waals surface area contributed by atoms with Crippen molar-refractivity contribution in [1.29, 1.82) is 0 Å². The van der Waals surface area contributed by atoms with Crippen LogP contribution in [0.15, 0.2) is 18.6 Å². The molecule has 0 spiro atoms. The lowest BCUT2D eigenvalue weighted by Crippen LogP contribution is -2.45. The van der Waals surface area contributed by atoms with Gasteiger partial charge < -0.3 is 19.5 Å². The van der Waals surface area contributed by atoms with Crippen LogP contribution in [-0.4, -0.2) is 88.1 Å². The molecule has 156 valence electrons. The van der Waals surface area contributed by atoms with Crippen molar-refractivity contribution in [3.05, 3.63) is 24.2 Å². The summed E-state index contributed by atoms with van der Waals surface area (Å²) in [6.45, 7) is 3.17. The van der Waals surface area contributed by atoms with Gasteiger partial charge >= 0.3 is 0 Å². The summed E-state index contributed by atoms with van der Waals surface area (Å²) >= 11 is 0. The average Bonchev–Trinajstić information content (AvgIpc) is 3.29. The van der Waals surface area contributed by atoms with Crippen LogP contribution in [0.5, 0.6) is 0 Å². The average molecular weight is 400 g/mol. The van der Waals surface area contributed by atoms with Gasteiger partial charge in [-0.05, 0) is 26.0 Å². The molecule has 2 aromatic rings. The summed E-state index contributed by atoms with van der Waals surface area (Å²) < 4.78 is 7.12. The van der Waals surface area contributed by atoms with Crippen LogP contribution < -0.4 is 5.32 Å². The first-order valence-corrected chi connectivity index (χ1v) is 10.2. The van der Waals surface area contributed by atoms with E-state index in [-0.39, 0.29) is 23.9 Å². The number of morpholine rings is 1.